The van der Waals surface area contributed by atoms with E-state index < -0.39 is 0 Å². The molecule has 0 bridgehead atoms. The predicted octanol–water partition coefficient (Wildman–Crippen LogP) is 2.70. The average Bonchev–Trinajstić information content (AvgIpc) is 2.56. The Balaban J connectivity index is 1.82. The SMILES string of the molecule is O=C(c1cccnc1N1CCCCC1)N1CCCCC1. The van der Waals surface area contributed by atoms with E-state index in [-0.39, 0.29) is 5.91 Å². The van der Waals surface area contributed by atoms with Crippen LogP contribution in [-0.4, -0.2) is 42.0 Å². The number of pyridine rings is 1. The second-order valence-electron chi connectivity index (χ2n) is 5.78. The van der Waals surface area contributed by atoms with Gasteiger partial charge in [-0.2, -0.15) is 0 Å². The smallest absolute Gasteiger partial charge is 0.257 e. The predicted molar refractivity (Wildman–Crippen MR) is 80.1 cm³/mol. The van der Waals surface area contributed by atoms with Gasteiger partial charge in [0.05, 0.1) is 5.56 Å². The highest BCUT2D eigenvalue weighted by Crippen LogP contribution is 2.24. The van der Waals surface area contributed by atoms with E-state index in [4.69, 9.17) is 0 Å². The van der Waals surface area contributed by atoms with Crippen molar-refractivity contribution >= 4 is 11.7 Å². The molecule has 0 unspecified atom stereocenters. The minimum atomic E-state index is 0.165. The van der Waals surface area contributed by atoms with Gasteiger partial charge in [-0.05, 0) is 50.7 Å². The molecule has 1 aromatic heterocycles. The fourth-order valence-electron chi connectivity index (χ4n) is 3.19. The molecule has 0 aromatic carbocycles. The zero-order valence-electron chi connectivity index (χ0n) is 12.1. The van der Waals surface area contributed by atoms with E-state index in [1.54, 1.807) is 6.20 Å². The Morgan fingerprint density at radius 2 is 1.60 bits per heavy atom. The number of hydrogen-bond donors (Lipinski definition) is 0. The van der Waals surface area contributed by atoms with Crippen LogP contribution in [0.1, 0.15) is 48.9 Å². The number of carbonyl (C=O) groups excluding carboxylic acids is 1. The summed E-state index contributed by atoms with van der Waals surface area (Å²) in [6, 6.07) is 3.82. The summed E-state index contributed by atoms with van der Waals surface area (Å²) in [4.78, 5) is 21.5. The third-order valence-electron chi connectivity index (χ3n) is 4.32. The van der Waals surface area contributed by atoms with Crippen molar-refractivity contribution in [2.75, 3.05) is 31.1 Å². The molecule has 2 saturated heterocycles. The number of likely N-dealkylation sites (tertiary alicyclic amines) is 1. The van der Waals surface area contributed by atoms with Gasteiger partial charge in [0.25, 0.3) is 5.91 Å². The first kappa shape index (κ1) is 13.4. The fourth-order valence-corrected chi connectivity index (χ4v) is 3.19. The third-order valence-corrected chi connectivity index (χ3v) is 4.32. The van der Waals surface area contributed by atoms with Crippen LogP contribution >= 0.6 is 0 Å². The molecule has 3 rings (SSSR count). The van der Waals surface area contributed by atoms with Crippen LogP contribution in [-0.2, 0) is 0 Å². The Morgan fingerprint density at radius 1 is 0.950 bits per heavy atom. The maximum Gasteiger partial charge on any atom is 0.257 e. The summed E-state index contributed by atoms with van der Waals surface area (Å²) in [7, 11) is 0. The summed E-state index contributed by atoms with van der Waals surface area (Å²) in [6.45, 7) is 3.84. The molecule has 1 aromatic rings. The Labute approximate surface area is 120 Å². The van der Waals surface area contributed by atoms with Crippen LogP contribution in [0.3, 0.4) is 0 Å². The average molecular weight is 273 g/mol. The van der Waals surface area contributed by atoms with E-state index in [9.17, 15) is 4.79 Å². The highest BCUT2D eigenvalue weighted by Gasteiger charge is 2.24. The number of nitrogens with zero attached hydrogens (tertiary/aromatic N) is 3. The molecular weight excluding hydrogens is 250 g/mol. The lowest BCUT2D eigenvalue weighted by atomic mass is 10.1. The van der Waals surface area contributed by atoms with Crippen LogP contribution in [0.5, 0.6) is 0 Å². The molecule has 3 heterocycles. The molecule has 4 nitrogen and oxygen atoms in total. The fraction of sp³-hybridized carbons (Fsp3) is 0.625. The molecule has 0 N–H and O–H groups in total. The quantitative estimate of drug-likeness (QED) is 0.831. The van der Waals surface area contributed by atoms with Crippen LogP contribution in [0.15, 0.2) is 18.3 Å². The standard InChI is InChI=1S/C16H23N3O/c20-16(19-12-5-2-6-13-19)14-8-7-9-17-15(14)18-10-3-1-4-11-18/h7-9H,1-6,10-13H2. The number of rotatable bonds is 2. The highest BCUT2D eigenvalue weighted by atomic mass is 16.2. The first-order chi connectivity index (χ1) is 9.86. The van der Waals surface area contributed by atoms with E-state index >= 15 is 0 Å². The maximum atomic E-state index is 12.7. The molecule has 0 radical (unpaired) electrons. The number of piperidine rings is 2. The molecule has 108 valence electrons. The molecule has 0 atom stereocenters. The van der Waals surface area contributed by atoms with Crippen molar-refractivity contribution in [3.63, 3.8) is 0 Å². The number of carbonyl (C=O) groups is 1. The Bertz CT molecular complexity index is 463. The van der Waals surface area contributed by atoms with Gasteiger partial charge in [-0.3, -0.25) is 4.79 Å². The van der Waals surface area contributed by atoms with Crippen molar-refractivity contribution < 1.29 is 4.79 Å². The minimum Gasteiger partial charge on any atom is -0.356 e. The van der Waals surface area contributed by atoms with Crippen molar-refractivity contribution in [2.24, 2.45) is 0 Å². The number of hydrogen-bond acceptors (Lipinski definition) is 3. The van der Waals surface area contributed by atoms with Crippen LogP contribution in [0.2, 0.25) is 0 Å². The molecule has 0 spiro atoms. The van der Waals surface area contributed by atoms with Gasteiger partial charge in [-0.25, -0.2) is 4.98 Å². The summed E-state index contributed by atoms with van der Waals surface area (Å²) in [5.74, 6) is 1.06. The summed E-state index contributed by atoms with van der Waals surface area (Å²) >= 11 is 0. The highest BCUT2D eigenvalue weighted by molar-refractivity contribution is 5.99. The zero-order chi connectivity index (χ0) is 13.8. The van der Waals surface area contributed by atoms with Gasteiger partial charge < -0.3 is 9.80 Å². The molecule has 2 fully saturated rings. The number of anilines is 1. The Morgan fingerprint density at radius 3 is 2.30 bits per heavy atom. The van der Waals surface area contributed by atoms with Gasteiger partial charge in [0.15, 0.2) is 0 Å². The zero-order valence-corrected chi connectivity index (χ0v) is 12.1. The second-order valence-corrected chi connectivity index (χ2v) is 5.78. The number of aromatic nitrogens is 1. The van der Waals surface area contributed by atoms with Crippen molar-refractivity contribution in [2.45, 2.75) is 38.5 Å². The van der Waals surface area contributed by atoms with E-state index in [0.717, 1.165) is 50.4 Å². The van der Waals surface area contributed by atoms with Crippen LogP contribution in [0, 0.1) is 0 Å². The molecule has 4 heteroatoms. The van der Waals surface area contributed by atoms with Crippen molar-refractivity contribution in [1.29, 1.82) is 0 Å². The van der Waals surface area contributed by atoms with Crippen LogP contribution < -0.4 is 4.90 Å². The van der Waals surface area contributed by atoms with Gasteiger partial charge in [0.1, 0.15) is 5.82 Å². The second kappa shape index (κ2) is 6.25. The van der Waals surface area contributed by atoms with Crippen LogP contribution in [0.25, 0.3) is 0 Å². The summed E-state index contributed by atoms with van der Waals surface area (Å²) < 4.78 is 0. The van der Waals surface area contributed by atoms with Crippen molar-refractivity contribution in [3.05, 3.63) is 23.9 Å². The van der Waals surface area contributed by atoms with Gasteiger partial charge >= 0.3 is 0 Å². The van der Waals surface area contributed by atoms with Crippen molar-refractivity contribution in [3.8, 4) is 0 Å². The lowest BCUT2D eigenvalue weighted by Gasteiger charge is -2.31. The maximum absolute atomic E-state index is 12.7. The summed E-state index contributed by atoms with van der Waals surface area (Å²) in [5.41, 5.74) is 0.788. The van der Waals surface area contributed by atoms with Gasteiger partial charge in [-0.15, -0.1) is 0 Å². The molecule has 0 aliphatic carbocycles. The Kier molecular flexibility index (Phi) is 4.19. The molecular formula is C16H23N3O. The first-order valence-electron chi connectivity index (χ1n) is 7.85. The lowest BCUT2D eigenvalue weighted by molar-refractivity contribution is 0.0724. The molecule has 20 heavy (non-hydrogen) atoms. The number of amides is 1. The van der Waals surface area contributed by atoms with Crippen molar-refractivity contribution in [1.82, 2.24) is 9.88 Å². The first-order valence-corrected chi connectivity index (χ1v) is 7.85. The molecule has 2 aliphatic heterocycles. The molecule has 0 saturated carbocycles. The van der Waals surface area contributed by atoms with E-state index in [1.807, 2.05) is 17.0 Å². The van der Waals surface area contributed by atoms with E-state index in [0.29, 0.717) is 0 Å². The molecule has 1 amide bonds. The summed E-state index contributed by atoms with van der Waals surface area (Å²) in [5, 5.41) is 0. The molecule has 2 aliphatic rings. The monoisotopic (exact) mass is 273 g/mol. The van der Waals surface area contributed by atoms with E-state index in [1.165, 1.54) is 25.7 Å². The largest absolute Gasteiger partial charge is 0.356 e. The summed E-state index contributed by atoms with van der Waals surface area (Å²) in [6.07, 6.45) is 9.00. The lowest BCUT2D eigenvalue weighted by Crippen LogP contribution is -2.38. The normalized spacial score (nSPS) is 20.0. The van der Waals surface area contributed by atoms with Crippen LogP contribution in [0.4, 0.5) is 5.82 Å². The van der Waals surface area contributed by atoms with E-state index in [2.05, 4.69) is 9.88 Å². The van der Waals surface area contributed by atoms with Gasteiger partial charge in [-0.1, -0.05) is 0 Å². The van der Waals surface area contributed by atoms with Gasteiger partial charge in [0.2, 0.25) is 0 Å². The van der Waals surface area contributed by atoms with Gasteiger partial charge in [0, 0.05) is 32.4 Å². The topological polar surface area (TPSA) is 36.4 Å². The third kappa shape index (κ3) is 2.79. The minimum absolute atomic E-state index is 0.165. The Hall–Kier alpha value is -1.58.